The predicted molar refractivity (Wildman–Crippen MR) is 100 cm³/mol. The third-order valence-electron chi connectivity index (χ3n) is 5.38. The molecule has 0 aliphatic carbocycles. The first-order chi connectivity index (χ1) is 12.3. The van der Waals surface area contributed by atoms with Crippen molar-refractivity contribution in [3.8, 4) is 11.5 Å². The highest BCUT2D eigenvalue weighted by Gasteiger charge is 2.45. The molecule has 2 aliphatic rings. The van der Waals surface area contributed by atoms with Crippen molar-refractivity contribution < 1.29 is 22.7 Å². The smallest absolute Gasteiger partial charge is 0.247 e. The minimum Gasteiger partial charge on any atom is -0.493 e. The topological polar surface area (TPSA) is 72.9 Å². The maximum absolute atomic E-state index is 12.7. The van der Waals surface area contributed by atoms with Gasteiger partial charge in [0, 0.05) is 24.4 Å². The first kappa shape index (κ1) is 18.8. The first-order valence-corrected chi connectivity index (χ1v) is 10.7. The molecule has 6 nitrogen and oxygen atoms in total. The van der Waals surface area contributed by atoms with Crippen molar-refractivity contribution in [1.82, 2.24) is 4.90 Å². The number of hydrogen-bond acceptors (Lipinski definition) is 5. The molecule has 2 bridgehead atoms. The molecule has 1 amide bonds. The molecule has 0 aromatic heterocycles. The molecule has 7 heteroatoms. The molecule has 0 spiro atoms. The number of fused-ring (bicyclic) bond motifs is 2. The monoisotopic (exact) mass is 379 g/mol. The fourth-order valence-electron chi connectivity index (χ4n) is 4.05. The van der Waals surface area contributed by atoms with Crippen LogP contribution in [0.1, 0.15) is 31.2 Å². The molecule has 3 rings (SSSR count). The molecule has 0 saturated carbocycles. The number of nitrogens with zero attached hydrogens (tertiary/aromatic N) is 1. The Balaban J connectivity index is 1.72. The molecule has 2 unspecified atom stereocenters. The van der Waals surface area contributed by atoms with Gasteiger partial charge in [0.1, 0.15) is 9.84 Å². The number of benzene rings is 1. The van der Waals surface area contributed by atoms with Crippen LogP contribution in [0.15, 0.2) is 24.3 Å². The standard InChI is InChI=1S/C19H25NO5S/c1-24-17-8-4-13(10-18(17)25-2)5-9-19(21)20-14-6-7-15(20)12-16(11-14)26(3,22)23/h4-5,8-10,14-16H,6-7,11-12H2,1-3H3. The highest BCUT2D eigenvalue weighted by Crippen LogP contribution is 2.38. The van der Waals surface area contributed by atoms with E-state index in [4.69, 9.17) is 9.47 Å². The van der Waals surface area contributed by atoms with Crippen LogP contribution in [0, 0.1) is 0 Å². The van der Waals surface area contributed by atoms with E-state index in [1.54, 1.807) is 32.4 Å². The van der Waals surface area contributed by atoms with Gasteiger partial charge in [0.05, 0.1) is 19.5 Å². The summed E-state index contributed by atoms with van der Waals surface area (Å²) in [6, 6.07) is 5.51. The third-order valence-corrected chi connectivity index (χ3v) is 6.97. The number of carbonyl (C=O) groups is 1. The van der Waals surface area contributed by atoms with E-state index in [1.165, 1.54) is 6.26 Å². The van der Waals surface area contributed by atoms with Gasteiger partial charge in [-0.05, 0) is 49.5 Å². The van der Waals surface area contributed by atoms with Crippen LogP contribution in [0.4, 0.5) is 0 Å². The van der Waals surface area contributed by atoms with E-state index in [-0.39, 0.29) is 23.2 Å². The second kappa shape index (κ2) is 7.31. The van der Waals surface area contributed by atoms with Crippen molar-refractivity contribution in [2.24, 2.45) is 0 Å². The van der Waals surface area contributed by atoms with Crippen LogP contribution in [0.2, 0.25) is 0 Å². The van der Waals surface area contributed by atoms with Crippen LogP contribution in [0.3, 0.4) is 0 Å². The zero-order valence-electron chi connectivity index (χ0n) is 15.3. The van der Waals surface area contributed by atoms with Gasteiger partial charge in [-0.1, -0.05) is 6.07 Å². The Labute approximate surface area is 154 Å². The van der Waals surface area contributed by atoms with Gasteiger partial charge >= 0.3 is 0 Å². The van der Waals surface area contributed by atoms with Crippen LogP contribution in [0.25, 0.3) is 6.08 Å². The fraction of sp³-hybridized carbons (Fsp3) is 0.526. The summed E-state index contributed by atoms with van der Waals surface area (Å²) < 4.78 is 34.2. The predicted octanol–water partition coefficient (Wildman–Crippen LogP) is 2.28. The molecule has 2 atom stereocenters. The van der Waals surface area contributed by atoms with Crippen molar-refractivity contribution >= 4 is 21.8 Å². The summed E-state index contributed by atoms with van der Waals surface area (Å²) in [6.07, 6.45) is 7.47. The summed E-state index contributed by atoms with van der Waals surface area (Å²) >= 11 is 0. The Bertz CT molecular complexity index is 803. The van der Waals surface area contributed by atoms with Crippen LogP contribution >= 0.6 is 0 Å². The number of rotatable bonds is 5. The van der Waals surface area contributed by atoms with E-state index in [1.807, 2.05) is 17.0 Å². The van der Waals surface area contributed by atoms with E-state index in [9.17, 15) is 13.2 Å². The summed E-state index contributed by atoms with van der Waals surface area (Å²) in [5, 5.41) is -0.320. The lowest BCUT2D eigenvalue weighted by molar-refractivity contribution is -0.130. The van der Waals surface area contributed by atoms with Gasteiger partial charge in [0.15, 0.2) is 11.5 Å². The number of amides is 1. The third kappa shape index (κ3) is 3.72. The van der Waals surface area contributed by atoms with Gasteiger partial charge in [-0.25, -0.2) is 8.42 Å². The number of piperidine rings is 1. The van der Waals surface area contributed by atoms with Crippen LogP contribution < -0.4 is 9.47 Å². The largest absolute Gasteiger partial charge is 0.493 e. The first-order valence-electron chi connectivity index (χ1n) is 8.74. The van der Waals surface area contributed by atoms with Gasteiger partial charge in [-0.2, -0.15) is 0 Å². The quantitative estimate of drug-likeness (QED) is 0.734. The summed E-state index contributed by atoms with van der Waals surface area (Å²) in [6.45, 7) is 0. The average molecular weight is 379 g/mol. The number of methoxy groups -OCH3 is 2. The molecule has 2 fully saturated rings. The van der Waals surface area contributed by atoms with Crippen molar-refractivity contribution in [2.75, 3.05) is 20.5 Å². The number of sulfone groups is 1. The maximum Gasteiger partial charge on any atom is 0.247 e. The Morgan fingerprint density at radius 1 is 1.12 bits per heavy atom. The highest BCUT2D eigenvalue weighted by molar-refractivity contribution is 7.91. The molecule has 26 heavy (non-hydrogen) atoms. The van der Waals surface area contributed by atoms with Gasteiger partial charge < -0.3 is 14.4 Å². The molecule has 2 aliphatic heterocycles. The number of carbonyl (C=O) groups excluding carboxylic acids is 1. The van der Waals surface area contributed by atoms with Gasteiger partial charge in [0.2, 0.25) is 5.91 Å². The van der Waals surface area contributed by atoms with Crippen molar-refractivity contribution in [3.63, 3.8) is 0 Å². The molecular formula is C19H25NO5S. The van der Waals surface area contributed by atoms with Crippen LogP contribution in [-0.4, -0.2) is 57.0 Å². The molecule has 1 aromatic carbocycles. The Hall–Kier alpha value is -2.02. The number of ether oxygens (including phenoxy) is 2. The molecule has 142 valence electrons. The van der Waals surface area contributed by atoms with Gasteiger partial charge in [0.25, 0.3) is 0 Å². The van der Waals surface area contributed by atoms with E-state index in [2.05, 4.69) is 0 Å². The molecule has 2 saturated heterocycles. The van der Waals surface area contributed by atoms with E-state index in [0.29, 0.717) is 24.3 Å². The zero-order valence-corrected chi connectivity index (χ0v) is 16.2. The average Bonchev–Trinajstić information content (AvgIpc) is 2.87. The Morgan fingerprint density at radius 2 is 1.73 bits per heavy atom. The summed E-state index contributed by atoms with van der Waals surface area (Å²) in [4.78, 5) is 14.6. The Morgan fingerprint density at radius 3 is 2.27 bits per heavy atom. The molecular weight excluding hydrogens is 354 g/mol. The molecule has 2 heterocycles. The van der Waals surface area contributed by atoms with Gasteiger partial charge in [-0.3, -0.25) is 4.79 Å². The van der Waals surface area contributed by atoms with Crippen molar-refractivity contribution in [3.05, 3.63) is 29.8 Å². The van der Waals surface area contributed by atoms with Crippen molar-refractivity contribution in [1.29, 1.82) is 0 Å². The SMILES string of the molecule is COc1ccc(C=CC(=O)N2C3CCC2CC(S(C)(=O)=O)C3)cc1OC. The summed E-state index contributed by atoms with van der Waals surface area (Å²) in [7, 11) is 0.0936. The molecule has 0 N–H and O–H groups in total. The lowest BCUT2D eigenvalue weighted by atomic mass is 10.0. The van der Waals surface area contributed by atoms with E-state index in [0.717, 1.165) is 18.4 Å². The van der Waals surface area contributed by atoms with E-state index < -0.39 is 9.84 Å². The summed E-state index contributed by atoms with van der Waals surface area (Å²) in [5.74, 6) is 1.19. The second-order valence-corrected chi connectivity index (χ2v) is 9.33. The Kier molecular flexibility index (Phi) is 5.27. The fourth-order valence-corrected chi connectivity index (χ4v) is 5.19. The van der Waals surface area contributed by atoms with Crippen molar-refractivity contribution in [2.45, 2.75) is 43.0 Å². The maximum atomic E-state index is 12.7. The zero-order chi connectivity index (χ0) is 18.9. The van der Waals surface area contributed by atoms with Crippen LogP contribution in [-0.2, 0) is 14.6 Å². The minimum atomic E-state index is -3.05. The molecule has 1 aromatic rings. The highest BCUT2D eigenvalue weighted by atomic mass is 32.2. The summed E-state index contributed by atoms with van der Waals surface area (Å²) in [5.41, 5.74) is 0.842. The lowest BCUT2D eigenvalue weighted by Gasteiger charge is -2.37. The van der Waals surface area contributed by atoms with E-state index >= 15 is 0 Å². The van der Waals surface area contributed by atoms with Crippen LogP contribution in [0.5, 0.6) is 11.5 Å². The minimum absolute atomic E-state index is 0.0241. The molecule has 0 radical (unpaired) electrons. The lowest BCUT2D eigenvalue weighted by Crippen LogP contribution is -2.49. The second-order valence-electron chi connectivity index (χ2n) is 7.00. The number of hydrogen-bond donors (Lipinski definition) is 0. The van der Waals surface area contributed by atoms with Gasteiger partial charge in [-0.15, -0.1) is 0 Å². The normalized spacial score (nSPS) is 25.5.